The van der Waals surface area contributed by atoms with E-state index in [1.165, 1.54) is 29.7 Å². The molecule has 1 fully saturated rings. The van der Waals surface area contributed by atoms with Crippen LogP contribution in [-0.2, 0) is 12.8 Å². The summed E-state index contributed by atoms with van der Waals surface area (Å²) in [5.41, 5.74) is 5.05. The average Bonchev–Trinajstić information content (AvgIpc) is 2.98. The van der Waals surface area contributed by atoms with Gasteiger partial charge in [-0.25, -0.2) is 4.98 Å². The molecule has 126 valence electrons. The van der Waals surface area contributed by atoms with E-state index in [4.69, 9.17) is 0 Å². The quantitative estimate of drug-likeness (QED) is 0.854. The lowest BCUT2D eigenvalue weighted by atomic mass is 9.96. The van der Waals surface area contributed by atoms with Crippen LogP contribution in [0.1, 0.15) is 39.5 Å². The molecular formula is C17H21N5OS. The van der Waals surface area contributed by atoms with Crippen LogP contribution in [0.25, 0.3) is 0 Å². The lowest BCUT2D eigenvalue weighted by molar-refractivity contribution is 0.0709. The lowest BCUT2D eigenvalue weighted by Gasteiger charge is -2.44. The SMILES string of the molecule is Cc1ncsc1C(=O)N(C)C1CN(c2cc3c(nn2)CCCC3)C1. The van der Waals surface area contributed by atoms with E-state index in [-0.39, 0.29) is 11.9 Å². The van der Waals surface area contributed by atoms with Crippen molar-refractivity contribution in [2.24, 2.45) is 0 Å². The summed E-state index contributed by atoms with van der Waals surface area (Å²) in [5.74, 6) is 1.01. The van der Waals surface area contributed by atoms with Gasteiger partial charge < -0.3 is 9.80 Å². The van der Waals surface area contributed by atoms with Gasteiger partial charge in [0.2, 0.25) is 0 Å². The number of rotatable bonds is 3. The third-order valence-corrected chi connectivity index (χ3v) is 5.97. The van der Waals surface area contributed by atoms with Crippen molar-refractivity contribution in [3.8, 4) is 0 Å². The Balaban J connectivity index is 1.41. The van der Waals surface area contributed by atoms with E-state index in [0.29, 0.717) is 0 Å². The van der Waals surface area contributed by atoms with Crippen LogP contribution in [-0.4, -0.2) is 52.2 Å². The van der Waals surface area contributed by atoms with Gasteiger partial charge in [0, 0.05) is 20.1 Å². The fourth-order valence-corrected chi connectivity index (χ4v) is 4.14. The van der Waals surface area contributed by atoms with Crippen LogP contribution in [0.15, 0.2) is 11.6 Å². The van der Waals surface area contributed by atoms with Gasteiger partial charge in [-0.1, -0.05) is 0 Å². The molecule has 0 spiro atoms. The van der Waals surface area contributed by atoms with Crippen LogP contribution in [0, 0.1) is 6.92 Å². The van der Waals surface area contributed by atoms with Gasteiger partial charge in [0.1, 0.15) is 4.88 Å². The van der Waals surface area contributed by atoms with E-state index in [1.54, 1.807) is 5.51 Å². The van der Waals surface area contributed by atoms with Gasteiger partial charge in [0.05, 0.1) is 22.9 Å². The number of likely N-dealkylation sites (N-methyl/N-ethyl adjacent to an activating group) is 1. The summed E-state index contributed by atoms with van der Waals surface area (Å²) in [7, 11) is 1.88. The largest absolute Gasteiger partial charge is 0.351 e. The maximum atomic E-state index is 12.5. The smallest absolute Gasteiger partial charge is 0.265 e. The number of fused-ring (bicyclic) bond motifs is 1. The second kappa shape index (κ2) is 6.12. The molecule has 0 radical (unpaired) electrons. The Kier molecular flexibility index (Phi) is 3.96. The molecule has 0 atom stereocenters. The summed E-state index contributed by atoms with van der Waals surface area (Å²) in [6.45, 7) is 3.51. The number of anilines is 1. The highest BCUT2D eigenvalue weighted by atomic mass is 32.1. The van der Waals surface area contributed by atoms with Crippen LogP contribution in [0.4, 0.5) is 5.82 Å². The molecule has 3 heterocycles. The predicted molar refractivity (Wildman–Crippen MR) is 93.6 cm³/mol. The summed E-state index contributed by atoms with van der Waals surface area (Å²) in [4.78, 5) is 21.5. The van der Waals surface area contributed by atoms with Crippen molar-refractivity contribution >= 4 is 23.1 Å². The summed E-state index contributed by atoms with van der Waals surface area (Å²) in [6.07, 6.45) is 4.62. The Morgan fingerprint density at radius 3 is 2.83 bits per heavy atom. The zero-order valence-electron chi connectivity index (χ0n) is 14.0. The van der Waals surface area contributed by atoms with Gasteiger partial charge in [-0.2, -0.15) is 5.10 Å². The minimum Gasteiger partial charge on any atom is -0.351 e. The van der Waals surface area contributed by atoms with Gasteiger partial charge >= 0.3 is 0 Å². The van der Waals surface area contributed by atoms with Crippen LogP contribution in [0.5, 0.6) is 0 Å². The first-order valence-corrected chi connectivity index (χ1v) is 9.29. The van der Waals surface area contributed by atoms with E-state index < -0.39 is 0 Å². The molecule has 24 heavy (non-hydrogen) atoms. The van der Waals surface area contributed by atoms with E-state index in [9.17, 15) is 4.79 Å². The fraction of sp³-hybridized carbons (Fsp3) is 0.529. The number of carbonyl (C=O) groups excluding carboxylic acids is 1. The zero-order valence-corrected chi connectivity index (χ0v) is 14.8. The first-order chi connectivity index (χ1) is 11.6. The topological polar surface area (TPSA) is 62.2 Å². The van der Waals surface area contributed by atoms with Crippen LogP contribution in [0.2, 0.25) is 0 Å². The van der Waals surface area contributed by atoms with Crippen LogP contribution < -0.4 is 4.90 Å². The third-order valence-electron chi connectivity index (χ3n) is 5.05. The van der Waals surface area contributed by atoms with Gasteiger partial charge in [-0.15, -0.1) is 16.4 Å². The Hall–Kier alpha value is -2.02. The molecule has 2 aliphatic rings. The molecule has 1 amide bonds. The standard InChI is InChI=1S/C17H21N5OS/c1-11-16(24-10-18-11)17(23)21(2)13-8-22(9-13)15-7-12-5-3-4-6-14(12)19-20-15/h7,10,13H,3-6,8-9H2,1-2H3. The molecule has 7 heteroatoms. The second-order valence-electron chi connectivity index (χ2n) is 6.62. The second-order valence-corrected chi connectivity index (χ2v) is 7.48. The third kappa shape index (κ3) is 2.66. The molecule has 0 bridgehead atoms. The first-order valence-electron chi connectivity index (χ1n) is 8.41. The average molecular weight is 343 g/mol. The predicted octanol–water partition coefficient (Wildman–Crippen LogP) is 2.08. The molecule has 0 saturated carbocycles. The monoisotopic (exact) mass is 343 g/mol. The van der Waals surface area contributed by atoms with Crippen LogP contribution in [0.3, 0.4) is 0 Å². The number of amides is 1. The first kappa shape index (κ1) is 15.5. The number of hydrogen-bond donors (Lipinski definition) is 0. The minimum absolute atomic E-state index is 0.0659. The van der Waals surface area contributed by atoms with Crippen molar-refractivity contribution in [3.05, 3.63) is 33.4 Å². The molecule has 1 aliphatic heterocycles. The lowest BCUT2D eigenvalue weighted by Crippen LogP contribution is -2.60. The Labute approximate surface area is 145 Å². The van der Waals surface area contributed by atoms with E-state index in [2.05, 4.69) is 26.1 Å². The molecular weight excluding hydrogens is 322 g/mol. The number of carbonyl (C=O) groups is 1. The normalized spacial score (nSPS) is 17.3. The molecule has 2 aromatic heterocycles. The molecule has 1 saturated heterocycles. The Morgan fingerprint density at radius 2 is 2.08 bits per heavy atom. The molecule has 6 nitrogen and oxygen atoms in total. The summed E-state index contributed by atoms with van der Waals surface area (Å²) in [6, 6.07) is 2.41. The molecule has 0 N–H and O–H groups in total. The van der Waals surface area contributed by atoms with Gasteiger partial charge in [-0.05, 0) is 44.2 Å². The van der Waals surface area contributed by atoms with Crippen molar-refractivity contribution in [3.63, 3.8) is 0 Å². The van der Waals surface area contributed by atoms with E-state index in [0.717, 1.165) is 48.0 Å². The summed E-state index contributed by atoms with van der Waals surface area (Å²) >= 11 is 1.41. The molecule has 0 unspecified atom stereocenters. The molecule has 4 rings (SSSR count). The van der Waals surface area contributed by atoms with Crippen molar-refractivity contribution in [1.82, 2.24) is 20.1 Å². The number of hydrogen-bond acceptors (Lipinski definition) is 6. The highest BCUT2D eigenvalue weighted by molar-refractivity contribution is 7.11. The molecule has 0 aromatic carbocycles. The number of thiazole rings is 1. The van der Waals surface area contributed by atoms with Crippen molar-refractivity contribution in [2.75, 3.05) is 25.0 Å². The van der Waals surface area contributed by atoms with Crippen LogP contribution >= 0.6 is 11.3 Å². The van der Waals surface area contributed by atoms with Gasteiger partial charge in [0.15, 0.2) is 5.82 Å². The minimum atomic E-state index is 0.0659. The number of nitrogens with zero attached hydrogens (tertiary/aromatic N) is 5. The maximum absolute atomic E-state index is 12.5. The Morgan fingerprint density at radius 1 is 1.29 bits per heavy atom. The van der Waals surface area contributed by atoms with E-state index in [1.807, 2.05) is 18.9 Å². The van der Waals surface area contributed by atoms with Crippen molar-refractivity contribution in [2.45, 2.75) is 38.6 Å². The molecule has 1 aliphatic carbocycles. The number of aryl methyl sites for hydroxylation is 3. The van der Waals surface area contributed by atoms with Crippen molar-refractivity contribution in [1.29, 1.82) is 0 Å². The summed E-state index contributed by atoms with van der Waals surface area (Å²) in [5, 5.41) is 8.78. The van der Waals surface area contributed by atoms with Gasteiger partial charge in [0.25, 0.3) is 5.91 Å². The zero-order chi connectivity index (χ0) is 16.7. The molecule has 2 aromatic rings. The fourth-order valence-electron chi connectivity index (χ4n) is 3.35. The maximum Gasteiger partial charge on any atom is 0.265 e. The highest BCUT2D eigenvalue weighted by Crippen LogP contribution is 2.27. The van der Waals surface area contributed by atoms with Gasteiger partial charge in [-0.3, -0.25) is 4.79 Å². The Bertz CT molecular complexity index is 768. The number of aromatic nitrogens is 3. The van der Waals surface area contributed by atoms with Crippen molar-refractivity contribution < 1.29 is 4.79 Å². The summed E-state index contributed by atoms with van der Waals surface area (Å²) < 4.78 is 0. The highest BCUT2D eigenvalue weighted by Gasteiger charge is 2.34. The van der Waals surface area contributed by atoms with E-state index >= 15 is 0 Å².